The van der Waals surface area contributed by atoms with Crippen LogP contribution in [0.25, 0.3) is 5.65 Å². The topological polar surface area (TPSA) is 29.3 Å². The first-order chi connectivity index (χ1) is 7.84. The van der Waals surface area contributed by atoms with Crippen molar-refractivity contribution in [2.45, 2.75) is 19.8 Å². The van der Waals surface area contributed by atoms with Gasteiger partial charge in [-0.05, 0) is 50.9 Å². The molecule has 0 aromatic carbocycles. The first-order valence-electron chi connectivity index (χ1n) is 5.98. The van der Waals surface area contributed by atoms with Crippen molar-refractivity contribution < 1.29 is 0 Å². The number of aryl methyl sites for hydroxylation is 1. The standard InChI is InChI=1S/C13H17N3/c1-10-12(8-11-5-6-14-9-11)15-13-4-2-3-7-16(10)13/h2-4,7,11,14H,5-6,8-9H2,1H3. The van der Waals surface area contributed by atoms with Crippen molar-refractivity contribution in [3.05, 3.63) is 35.8 Å². The van der Waals surface area contributed by atoms with E-state index in [1.807, 2.05) is 6.07 Å². The van der Waals surface area contributed by atoms with Crippen LogP contribution in [-0.2, 0) is 6.42 Å². The first kappa shape index (κ1) is 9.85. The van der Waals surface area contributed by atoms with Crippen LogP contribution in [0.1, 0.15) is 17.8 Å². The minimum atomic E-state index is 0.767. The van der Waals surface area contributed by atoms with Crippen LogP contribution in [0.3, 0.4) is 0 Å². The third-order valence-corrected chi connectivity index (χ3v) is 3.51. The summed E-state index contributed by atoms with van der Waals surface area (Å²) in [6.07, 6.45) is 4.49. The molecule has 0 aliphatic carbocycles. The minimum absolute atomic E-state index is 0.767. The number of rotatable bonds is 2. The lowest BCUT2D eigenvalue weighted by Gasteiger charge is -2.05. The van der Waals surface area contributed by atoms with Crippen molar-refractivity contribution in [3.8, 4) is 0 Å². The quantitative estimate of drug-likeness (QED) is 0.827. The number of fused-ring (bicyclic) bond motifs is 1. The van der Waals surface area contributed by atoms with Crippen LogP contribution in [-0.4, -0.2) is 22.5 Å². The number of aromatic nitrogens is 2. The number of pyridine rings is 1. The lowest BCUT2D eigenvalue weighted by atomic mass is 10.0. The van der Waals surface area contributed by atoms with E-state index in [9.17, 15) is 0 Å². The molecule has 3 heteroatoms. The maximum absolute atomic E-state index is 4.71. The van der Waals surface area contributed by atoms with Crippen molar-refractivity contribution in [3.63, 3.8) is 0 Å². The molecule has 16 heavy (non-hydrogen) atoms. The molecule has 1 saturated heterocycles. The Hall–Kier alpha value is -1.35. The molecule has 1 aliphatic rings. The van der Waals surface area contributed by atoms with E-state index in [4.69, 9.17) is 4.98 Å². The van der Waals surface area contributed by atoms with Crippen LogP contribution in [0.5, 0.6) is 0 Å². The smallest absolute Gasteiger partial charge is 0.137 e. The van der Waals surface area contributed by atoms with Crippen molar-refractivity contribution in [1.82, 2.24) is 14.7 Å². The molecule has 2 aromatic rings. The monoisotopic (exact) mass is 215 g/mol. The van der Waals surface area contributed by atoms with E-state index in [-0.39, 0.29) is 0 Å². The number of hydrogen-bond acceptors (Lipinski definition) is 2. The van der Waals surface area contributed by atoms with Gasteiger partial charge in [-0.1, -0.05) is 6.07 Å². The van der Waals surface area contributed by atoms with Gasteiger partial charge in [0.25, 0.3) is 0 Å². The summed E-state index contributed by atoms with van der Waals surface area (Å²) in [6, 6.07) is 6.18. The fourth-order valence-corrected chi connectivity index (χ4v) is 2.52. The maximum Gasteiger partial charge on any atom is 0.137 e. The summed E-state index contributed by atoms with van der Waals surface area (Å²) in [5.74, 6) is 0.767. The largest absolute Gasteiger partial charge is 0.316 e. The molecule has 1 N–H and O–H groups in total. The highest BCUT2D eigenvalue weighted by atomic mass is 15.0. The average molecular weight is 215 g/mol. The lowest BCUT2D eigenvalue weighted by molar-refractivity contribution is 0.571. The maximum atomic E-state index is 4.71. The van der Waals surface area contributed by atoms with Crippen LogP contribution < -0.4 is 5.32 Å². The molecule has 0 bridgehead atoms. The molecule has 1 atom stereocenters. The van der Waals surface area contributed by atoms with Gasteiger partial charge in [-0.15, -0.1) is 0 Å². The van der Waals surface area contributed by atoms with E-state index >= 15 is 0 Å². The molecule has 2 aromatic heterocycles. The number of imidazole rings is 1. The Kier molecular flexibility index (Phi) is 2.40. The zero-order chi connectivity index (χ0) is 11.0. The third-order valence-electron chi connectivity index (χ3n) is 3.51. The number of nitrogens with one attached hydrogen (secondary N) is 1. The summed E-state index contributed by atoms with van der Waals surface area (Å²) in [5.41, 5.74) is 3.63. The molecule has 1 fully saturated rings. The second kappa shape index (κ2) is 3.91. The lowest BCUT2D eigenvalue weighted by Crippen LogP contribution is -2.11. The van der Waals surface area contributed by atoms with E-state index in [1.54, 1.807) is 0 Å². The zero-order valence-electron chi connectivity index (χ0n) is 9.61. The van der Waals surface area contributed by atoms with Gasteiger partial charge in [-0.25, -0.2) is 4.98 Å². The molecule has 1 unspecified atom stereocenters. The van der Waals surface area contributed by atoms with Crippen LogP contribution in [0.4, 0.5) is 0 Å². The average Bonchev–Trinajstić information content (AvgIpc) is 2.90. The van der Waals surface area contributed by atoms with Crippen molar-refractivity contribution in [1.29, 1.82) is 0 Å². The van der Waals surface area contributed by atoms with E-state index in [0.29, 0.717) is 0 Å². The first-order valence-corrected chi connectivity index (χ1v) is 5.98. The summed E-state index contributed by atoms with van der Waals surface area (Å²) in [5, 5.41) is 3.41. The normalized spacial score (nSPS) is 20.7. The third kappa shape index (κ3) is 1.61. The van der Waals surface area contributed by atoms with Gasteiger partial charge in [0.2, 0.25) is 0 Å². The van der Waals surface area contributed by atoms with Crippen molar-refractivity contribution >= 4 is 5.65 Å². The molecule has 0 spiro atoms. The Labute approximate surface area is 95.5 Å². The van der Waals surface area contributed by atoms with Gasteiger partial charge in [0.15, 0.2) is 0 Å². The summed E-state index contributed by atoms with van der Waals surface area (Å²) in [6.45, 7) is 4.47. The molecule has 3 rings (SSSR count). The molecule has 84 valence electrons. The van der Waals surface area contributed by atoms with E-state index in [2.05, 4.69) is 35.0 Å². The summed E-state index contributed by atoms with van der Waals surface area (Å²) in [7, 11) is 0. The Bertz CT molecular complexity index is 495. The molecule has 0 saturated carbocycles. The Morgan fingerprint density at radius 2 is 2.44 bits per heavy atom. The Balaban J connectivity index is 1.94. The molecule has 3 heterocycles. The highest BCUT2D eigenvalue weighted by Crippen LogP contribution is 2.18. The van der Waals surface area contributed by atoms with Crippen LogP contribution in [0, 0.1) is 12.8 Å². The van der Waals surface area contributed by atoms with Crippen molar-refractivity contribution in [2.24, 2.45) is 5.92 Å². The molecule has 0 amide bonds. The predicted octanol–water partition coefficient (Wildman–Crippen LogP) is 1.79. The highest BCUT2D eigenvalue weighted by Gasteiger charge is 2.18. The Morgan fingerprint density at radius 1 is 1.50 bits per heavy atom. The molecular formula is C13H17N3. The number of nitrogens with zero attached hydrogens (tertiary/aromatic N) is 2. The van der Waals surface area contributed by atoms with Gasteiger partial charge in [-0.2, -0.15) is 0 Å². The molecule has 1 aliphatic heterocycles. The fraction of sp³-hybridized carbons (Fsp3) is 0.462. The van der Waals surface area contributed by atoms with Crippen LogP contribution in [0.15, 0.2) is 24.4 Å². The van der Waals surface area contributed by atoms with E-state index in [1.165, 1.54) is 17.8 Å². The summed E-state index contributed by atoms with van der Waals surface area (Å²) in [4.78, 5) is 4.71. The van der Waals surface area contributed by atoms with E-state index < -0.39 is 0 Å². The summed E-state index contributed by atoms with van der Waals surface area (Å²) >= 11 is 0. The molecule has 3 nitrogen and oxygen atoms in total. The van der Waals surface area contributed by atoms with Gasteiger partial charge in [0, 0.05) is 11.9 Å². The van der Waals surface area contributed by atoms with E-state index in [0.717, 1.165) is 31.1 Å². The van der Waals surface area contributed by atoms with Crippen LogP contribution in [0.2, 0.25) is 0 Å². The van der Waals surface area contributed by atoms with Crippen molar-refractivity contribution in [2.75, 3.05) is 13.1 Å². The van der Waals surface area contributed by atoms with Gasteiger partial charge in [0.1, 0.15) is 5.65 Å². The van der Waals surface area contributed by atoms with Gasteiger partial charge >= 0.3 is 0 Å². The fourth-order valence-electron chi connectivity index (χ4n) is 2.52. The van der Waals surface area contributed by atoms with Crippen LogP contribution >= 0.6 is 0 Å². The van der Waals surface area contributed by atoms with Gasteiger partial charge in [0.05, 0.1) is 5.69 Å². The molecule has 0 radical (unpaired) electrons. The minimum Gasteiger partial charge on any atom is -0.316 e. The summed E-state index contributed by atoms with van der Waals surface area (Å²) < 4.78 is 2.18. The Morgan fingerprint density at radius 3 is 3.19 bits per heavy atom. The zero-order valence-corrected chi connectivity index (χ0v) is 9.61. The second-order valence-electron chi connectivity index (χ2n) is 4.64. The highest BCUT2D eigenvalue weighted by molar-refractivity contribution is 5.42. The SMILES string of the molecule is Cc1c(CC2CCNC2)nc2ccccn12. The van der Waals surface area contributed by atoms with Gasteiger partial charge < -0.3 is 9.72 Å². The molecular weight excluding hydrogens is 198 g/mol. The predicted molar refractivity (Wildman–Crippen MR) is 64.6 cm³/mol. The van der Waals surface area contributed by atoms with Gasteiger partial charge in [-0.3, -0.25) is 0 Å². The number of hydrogen-bond donors (Lipinski definition) is 1. The second-order valence-corrected chi connectivity index (χ2v) is 4.64.